The van der Waals surface area contributed by atoms with Crippen LogP contribution in [0.3, 0.4) is 0 Å². The number of rotatable bonds is 6. The molecular weight excluding hydrogens is 321 g/mol. The molecule has 25 heavy (non-hydrogen) atoms. The van der Waals surface area contributed by atoms with E-state index in [4.69, 9.17) is 4.74 Å². The molecule has 3 rings (SSSR count). The third-order valence-corrected chi connectivity index (χ3v) is 4.07. The molecule has 0 aromatic heterocycles. The van der Waals surface area contributed by atoms with E-state index in [0.29, 0.717) is 18.9 Å². The van der Waals surface area contributed by atoms with Gasteiger partial charge in [0.15, 0.2) is 0 Å². The number of nitrogens with zero attached hydrogens (tertiary/aromatic N) is 1. The molecule has 0 bridgehead atoms. The summed E-state index contributed by atoms with van der Waals surface area (Å²) < 4.78 is 18.2. The van der Waals surface area contributed by atoms with Crippen LogP contribution in [-0.4, -0.2) is 32.3 Å². The maximum absolute atomic E-state index is 12.8. The van der Waals surface area contributed by atoms with Crippen molar-refractivity contribution in [2.75, 3.05) is 36.5 Å². The topological polar surface area (TPSA) is 53.6 Å². The first-order valence-corrected chi connectivity index (χ1v) is 8.49. The molecule has 0 unspecified atom stereocenters. The molecule has 0 atom stereocenters. The van der Waals surface area contributed by atoms with Crippen molar-refractivity contribution in [2.24, 2.45) is 0 Å². The Morgan fingerprint density at radius 2 is 1.72 bits per heavy atom. The molecule has 2 amide bonds. The van der Waals surface area contributed by atoms with Gasteiger partial charge in [-0.15, -0.1) is 0 Å². The summed E-state index contributed by atoms with van der Waals surface area (Å²) in [5, 5.41) is 5.52. The highest BCUT2D eigenvalue weighted by molar-refractivity contribution is 5.89. The number of ether oxygens (including phenoxy) is 1. The van der Waals surface area contributed by atoms with Gasteiger partial charge in [-0.25, -0.2) is 9.18 Å². The Bertz CT molecular complexity index is 683. The second-order valence-electron chi connectivity index (χ2n) is 5.92. The van der Waals surface area contributed by atoms with Gasteiger partial charge in [-0.3, -0.25) is 0 Å². The summed E-state index contributed by atoms with van der Waals surface area (Å²) in [6.45, 7) is 2.87. The average molecular weight is 343 g/mol. The van der Waals surface area contributed by atoms with Crippen LogP contribution in [0.1, 0.15) is 12.8 Å². The molecule has 132 valence electrons. The van der Waals surface area contributed by atoms with Crippen LogP contribution < -0.4 is 20.3 Å². The van der Waals surface area contributed by atoms with E-state index in [1.807, 2.05) is 24.3 Å². The summed E-state index contributed by atoms with van der Waals surface area (Å²) in [5.41, 5.74) is 1.94. The minimum atomic E-state index is -0.305. The Kier molecular flexibility index (Phi) is 5.72. The summed E-state index contributed by atoms with van der Waals surface area (Å²) >= 11 is 0. The SMILES string of the molecule is O=C(NCCOc1ccc(F)cc1)Nc1ccc(N2CCCC2)cc1. The third-order valence-electron chi connectivity index (χ3n) is 4.07. The van der Waals surface area contributed by atoms with Crippen molar-refractivity contribution in [3.8, 4) is 5.75 Å². The molecule has 0 saturated carbocycles. The zero-order valence-corrected chi connectivity index (χ0v) is 14.0. The van der Waals surface area contributed by atoms with Crippen molar-refractivity contribution >= 4 is 17.4 Å². The lowest BCUT2D eigenvalue weighted by atomic mass is 10.2. The van der Waals surface area contributed by atoms with Crippen LogP contribution in [0.4, 0.5) is 20.6 Å². The van der Waals surface area contributed by atoms with Crippen molar-refractivity contribution in [2.45, 2.75) is 12.8 Å². The highest BCUT2D eigenvalue weighted by Gasteiger charge is 2.12. The highest BCUT2D eigenvalue weighted by Crippen LogP contribution is 2.21. The number of benzene rings is 2. The monoisotopic (exact) mass is 343 g/mol. The molecule has 1 heterocycles. The largest absolute Gasteiger partial charge is 0.492 e. The molecule has 0 radical (unpaired) electrons. The molecule has 1 saturated heterocycles. The standard InChI is InChI=1S/C19H22FN3O2/c20-15-3-9-18(10-4-15)25-14-11-21-19(24)22-16-5-7-17(8-6-16)23-12-1-2-13-23/h3-10H,1-2,11-14H2,(H2,21,22,24). The fraction of sp³-hybridized carbons (Fsp3) is 0.316. The van der Waals surface area contributed by atoms with Crippen LogP contribution in [0.2, 0.25) is 0 Å². The molecular formula is C19H22FN3O2. The molecule has 2 N–H and O–H groups in total. The highest BCUT2D eigenvalue weighted by atomic mass is 19.1. The smallest absolute Gasteiger partial charge is 0.319 e. The molecule has 1 fully saturated rings. The first-order chi connectivity index (χ1) is 12.2. The van der Waals surface area contributed by atoms with Gasteiger partial charge in [0.1, 0.15) is 18.2 Å². The van der Waals surface area contributed by atoms with E-state index in [0.717, 1.165) is 18.8 Å². The predicted molar refractivity (Wildman–Crippen MR) is 96.8 cm³/mol. The van der Waals surface area contributed by atoms with Crippen molar-refractivity contribution in [1.29, 1.82) is 0 Å². The van der Waals surface area contributed by atoms with E-state index in [1.54, 1.807) is 12.1 Å². The van der Waals surface area contributed by atoms with Gasteiger partial charge in [0.25, 0.3) is 0 Å². The second-order valence-corrected chi connectivity index (χ2v) is 5.92. The molecule has 2 aromatic carbocycles. The van der Waals surface area contributed by atoms with Crippen molar-refractivity contribution in [1.82, 2.24) is 5.32 Å². The van der Waals surface area contributed by atoms with Crippen LogP contribution in [0, 0.1) is 5.82 Å². The normalized spacial score (nSPS) is 13.6. The number of carbonyl (C=O) groups excluding carboxylic acids is 1. The van der Waals surface area contributed by atoms with Crippen LogP contribution in [0.25, 0.3) is 0 Å². The lowest BCUT2D eigenvalue weighted by Gasteiger charge is -2.17. The predicted octanol–water partition coefficient (Wildman–Crippen LogP) is 3.63. The van der Waals surface area contributed by atoms with Gasteiger partial charge in [0, 0.05) is 24.5 Å². The number of carbonyl (C=O) groups is 1. The first kappa shape index (κ1) is 17.1. The summed E-state index contributed by atoms with van der Waals surface area (Å²) in [6.07, 6.45) is 2.48. The van der Waals surface area contributed by atoms with E-state index in [2.05, 4.69) is 15.5 Å². The number of amides is 2. The van der Waals surface area contributed by atoms with Crippen molar-refractivity contribution < 1.29 is 13.9 Å². The van der Waals surface area contributed by atoms with E-state index in [1.165, 1.54) is 30.7 Å². The number of anilines is 2. The second kappa shape index (κ2) is 8.37. The molecule has 0 spiro atoms. The van der Waals surface area contributed by atoms with E-state index in [-0.39, 0.29) is 11.8 Å². The Morgan fingerprint density at radius 1 is 1.04 bits per heavy atom. The molecule has 6 heteroatoms. The van der Waals surface area contributed by atoms with Crippen LogP contribution in [0.5, 0.6) is 5.75 Å². The lowest BCUT2D eigenvalue weighted by molar-refractivity contribution is 0.247. The number of halogens is 1. The maximum Gasteiger partial charge on any atom is 0.319 e. The zero-order chi connectivity index (χ0) is 17.5. The number of hydrogen-bond donors (Lipinski definition) is 2. The fourth-order valence-electron chi connectivity index (χ4n) is 2.77. The molecule has 0 aliphatic carbocycles. The molecule has 1 aliphatic heterocycles. The van der Waals surface area contributed by atoms with E-state index in [9.17, 15) is 9.18 Å². The van der Waals surface area contributed by atoms with Crippen LogP contribution >= 0.6 is 0 Å². The maximum atomic E-state index is 12.8. The minimum absolute atomic E-state index is 0.281. The summed E-state index contributed by atoms with van der Waals surface area (Å²) in [6, 6.07) is 13.4. The summed E-state index contributed by atoms with van der Waals surface area (Å²) in [5.74, 6) is 0.265. The van der Waals surface area contributed by atoms with Gasteiger partial charge < -0.3 is 20.3 Å². The Hall–Kier alpha value is -2.76. The van der Waals surface area contributed by atoms with E-state index >= 15 is 0 Å². The summed E-state index contributed by atoms with van der Waals surface area (Å²) in [4.78, 5) is 14.2. The third kappa shape index (κ3) is 5.11. The average Bonchev–Trinajstić information content (AvgIpc) is 3.15. The molecule has 2 aromatic rings. The number of urea groups is 1. The minimum Gasteiger partial charge on any atom is -0.492 e. The Balaban J connectivity index is 1.37. The van der Waals surface area contributed by atoms with E-state index < -0.39 is 0 Å². The Labute approximate surface area is 146 Å². The zero-order valence-electron chi connectivity index (χ0n) is 14.0. The van der Waals surface area contributed by atoms with Gasteiger partial charge in [-0.2, -0.15) is 0 Å². The Morgan fingerprint density at radius 3 is 2.40 bits per heavy atom. The van der Waals surface area contributed by atoms with Gasteiger partial charge >= 0.3 is 6.03 Å². The summed E-state index contributed by atoms with van der Waals surface area (Å²) in [7, 11) is 0. The van der Waals surface area contributed by atoms with Crippen molar-refractivity contribution in [3.63, 3.8) is 0 Å². The first-order valence-electron chi connectivity index (χ1n) is 8.49. The van der Waals surface area contributed by atoms with Gasteiger partial charge in [-0.1, -0.05) is 0 Å². The quantitative estimate of drug-likeness (QED) is 0.788. The number of hydrogen-bond acceptors (Lipinski definition) is 3. The fourth-order valence-corrected chi connectivity index (χ4v) is 2.77. The molecule has 1 aliphatic rings. The number of nitrogens with one attached hydrogen (secondary N) is 2. The molecule has 5 nitrogen and oxygen atoms in total. The van der Waals surface area contributed by atoms with Crippen LogP contribution in [-0.2, 0) is 0 Å². The lowest BCUT2D eigenvalue weighted by Crippen LogP contribution is -2.32. The van der Waals surface area contributed by atoms with Gasteiger partial charge in [-0.05, 0) is 61.4 Å². The van der Waals surface area contributed by atoms with Gasteiger partial charge in [0.05, 0.1) is 6.54 Å². The van der Waals surface area contributed by atoms with Crippen LogP contribution in [0.15, 0.2) is 48.5 Å². The van der Waals surface area contributed by atoms with Gasteiger partial charge in [0.2, 0.25) is 0 Å². The van der Waals surface area contributed by atoms with Crippen molar-refractivity contribution in [3.05, 3.63) is 54.3 Å².